The Bertz CT molecular complexity index is 301. The summed E-state index contributed by atoms with van der Waals surface area (Å²) < 4.78 is 5.06. The first kappa shape index (κ1) is 8.51. The minimum Gasteiger partial charge on any atom is -0.481 e. The second kappa shape index (κ2) is 3.34. The molecule has 2 N–H and O–H groups in total. The lowest BCUT2D eigenvalue weighted by Crippen LogP contribution is -2.02. The number of methoxy groups -OCH3 is 1. The van der Waals surface area contributed by atoms with Crippen molar-refractivity contribution in [3.05, 3.63) is 23.9 Å². The second-order valence-electron chi connectivity index (χ2n) is 3.44. The van der Waals surface area contributed by atoms with E-state index in [1.165, 1.54) is 6.42 Å². The Morgan fingerprint density at radius 1 is 1.62 bits per heavy atom. The molecule has 3 nitrogen and oxygen atoms in total. The lowest BCUT2D eigenvalue weighted by molar-refractivity contribution is 0.396. The fourth-order valence-electron chi connectivity index (χ4n) is 1.62. The van der Waals surface area contributed by atoms with Crippen molar-refractivity contribution in [1.82, 2.24) is 4.98 Å². The zero-order valence-electron chi connectivity index (χ0n) is 7.73. The Labute approximate surface area is 77.9 Å². The van der Waals surface area contributed by atoms with Gasteiger partial charge in [-0.05, 0) is 24.9 Å². The molecule has 70 valence electrons. The Morgan fingerprint density at radius 2 is 2.46 bits per heavy atom. The number of nitrogens with two attached hydrogens (primary N) is 1. The highest BCUT2D eigenvalue weighted by Gasteiger charge is 2.38. The molecule has 2 atom stereocenters. The van der Waals surface area contributed by atoms with Gasteiger partial charge in [0.15, 0.2) is 0 Å². The first-order valence-electron chi connectivity index (χ1n) is 4.56. The molecule has 1 aliphatic carbocycles. The van der Waals surface area contributed by atoms with Gasteiger partial charge in [0.25, 0.3) is 0 Å². The molecule has 0 radical (unpaired) electrons. The second-order valence-corrected chi connectivity index (χ2v) is 3.44. The van der Waals surface area contributed by atoms with Gasteiger partial charge in [-0.15, -0.1) is 0 Å². The van der Waals surface area contributed by atoms with Crippen molar-refractivity contribution in [3.8, 4) is 5.88 Å². The number of hydrogen-bond donors (Lipinski definition) is 1. The van der Waals surface area contributed by atoms with E-state index in [0.29, 0.717) is 17.7 Å². The van der Waals surface area contributed by atoms with Gasteiger partial charge in [0.2, 0.25) is 5.88 Å². The Morgan fingerprint density at radius 3 is 3.08 bits per heavy atom. The van der Waals surface area contributed by atoms with Crippen LogP contribution in [0.4, 0.5) is 0 Å². The maximum atomic E-state index is 5.57. The van der Waals surface area contributed by atoms with Crippen LogP contribution in [-0.2, 0) is 0 Å². The SMILES string of the molecule is COc1cccc([C@@H]2C[C@H]2CN)n1. The molecule has 0 saturated heterocycles. The minimum atomic E-state index is 0.570. The predicted molar refractivity (Wildman–Crippen MR) is 50.7 cm³/mol. The molecule has 0 amide bonds. The third-order valence-corrected chi connectivity index (χ3v) is 2.56. The van der Waals surface area contributed by atoms with Crippen molar-refractivity contribution in [2.45, 2.75) is 12.3 Å². The summed E-state index contributed by atoms with van der Waals surface area (Å²) in [7, 11) is 1.64. The van der Waals surface area contributed by atoms with Gasteiger partial charge in [-0.1, -0.05) is 6.07 Å². The molecule has 1 saturated carbocycles. The van der Waals surface area contributed by atoms with Crippen molar-refractivity contribution < 1.29 is 4.74 Å². The fourth-order valence-corrected chi connectivity index (χ4v) is 1.62. The molecule has 0 spiro atoms. The van der Waals surface area contributed by atoms with Gasteiger partial charge in [-0.3, -0.25) is 0 Å². The highest BCUT2D eigenvalue weighted by molar-refractivity contribution is 5.23. The van der Waals surface area contributed by atoms with Crippen LogP contribution in [0.2, 0.25) is 0 Å². The number of pyridine rings is 1. The van der Waals surface area contributed by atoms with Crippen LogP contribution in [0.1, 0.15) is 18.0 Å². The lowest BCUT2D eigenvalue weighted by Gasteiger charge is -2.01. The summed E-state index contributed by atoms with van der Waals surface area (Å²) in [6.45, 7) is 0.767. The van der Waals surface area contributed by atoms with Crippen LogP contribution in [0.25, 0.3) is 0 Å². The molecule has 3 heteroatoms. The molecule has 1 heterocycles. The summed E-state index contributed by atoms with van der Waals surface area (Å²) in [5.74, 6) is 1.90. The largest absolute Gasteiger partial charge is 0.481 e. The molecule has 1 aromatic rings. The third-order valence-electron chi connectivity index (χ3n) is 2.56. The summed E-state index contributed by atoms with van der Waals surface area (Å²) in [4.78, 5) is 4.37. The van der Waals surface area contributed by atoms with Crippen LogP contribution in [0.5, 0.6) is 5.88 Å². The molecular formula is C10H14N2O. The molecule has 2 rings (SSSR count). The summed E-state index contributed by atoms with van der Waals surface area (Å²) in [5.41, 5.74) is 6.69. The molecular weight excluding hydrogens is 164 g/mol. The number of nitrogens with zero attached hydrogens (tertiary/aromatic N) is 1. The van der Waals surface area contributed by atoms with Crippen LogP contribution >= 0.6 is 0 Å². The van der Waals surface area contributed by atoms with Gasteiger partial charge in [0.1, 0.15) is 0 Å². The predicted octanol–water partition coefficient (Wildman–Crippen LogP) is 1.15. The molecule has 1 aliphatic rings. The molecule has 0 bridgehead atoms. The van der Waals surface area contributed by atoms with E-state index in [1.54, 1.807) is 7.11 Å². The average Bonchev–Trinajstić information content (AvgIpc) is 2.97. The summed E-state index contributed by atoms with van der Waals surface area (Å²) in [5, 5.41) is 0. The van der Waals surface area contributed by atoms with E-state index in [0.717, 1.165) is 12.2 Å². The van der Waals surface area contributed by atoms with Gasteiger partial charge in [-0.2, -0.15) is 0 Å². The van der Waals surface area contributed by atoms with Gasteiger partial charge in [0.05, 0.1) is 7.11 Å². The van der Waals surface area contributed by atoms with Gasteiger partial charge >= 0.3 is 0 Å². The van der Waals surface area contributed by atoms with Crippen LogP contribution in [-0.4, -0.2) is 18.6 Å². The van der Waals surface area contributed by atoms with Crippen LogP contribution < -0.4 is 10.5 Å². The Kier molecular flexibility index (Phi) is 2.19. The maximum absolute atomic E-state index is 5.57. The van der Waals surface area contributed by atoms with Gasteiger partial charge in [0, 0.05) is 17.7 Å². The van der Waals surface area contributed by atoms with Crippen molar-refractivity contribution in [3.63, 3.8) is 0 Å². The monoisotopic (exact) mass is 178 g/mol. The Hall–Kier alpha value is -1.09. The van der Waals surface area contributed by atoms with Crippen molar-refractivity contribution in [1.29, 1.82) is 0 Å². The number of aromatic nitrogens is 1. The van der Waals surface area contributed by atoms with Crippen LogP contribution in [0.15, 0.2) is 18.2 Å². The highest BCUT2D eigenvalue weighted by Crippen LogP contribution is 2.45. The zero-order chi connectivity index (χ0) is 9.26. The quantitative estimate of drug-likeness (QED) is 0.755. The lowest BCUT2D eigenvalue weighted by atomic mass is 10.2. The third kappa shape index (κ3) is 1.65. The smallest absolute Gasteiger partial charge is 0.213 e. The number of hydrogen-bond acceptors (Lipinski definition) is 3. The topological polar surface area (TPSA) is 48.1 Å². The zero-order valence-corrected chi connectivity index (χ0v) is 7.73. The normalized spacial score (nSPS) is 25.7. The van der Waals surface area contributed by atoms with E-state index in [2.05, 4.69) is 4.98 Å². The highest BCUT2D eigenvalue weighted by atomic mass is 16.5. The van der Waals surface area contributed by atoms with Crippen molar-refractivity contribution in [2.24, 2.45) is 11.7 Å². The average molecular weight is 178 g/mol. The first-order chi connectivity index (χ1) is 6.35. The van der Waals surface area contributed by atoms with Crippen LogP contribution in [0.3, 0.4) is 0 Å². The van der Waals surface area contributed by atoms with E-state index in [1.807, 2.05) is 18.2 Å². The van der Waals surface area contributed by atoms with Gasteiger partial charge < -0.3 is 10.5 Å². The molecule has 13 heavy (non-hydrogen) atoms. The van der Waals surface area contributed by atoms with E-state index >= 15 is 0 Å². The van der Waals surface area contributed by atoms with Crippen molar-refractivity contribution in [2.75, 3.05) is 13.7 Å². The first-order valence-corrected chi connectivity index (χ1v) is 4.56. The van der Waals surface area contributed by atoms with Gasteiger partial charge in [-0.25, -0.2) is 4.98 Å². The molecule has 0 unspecified atom stereocenters. The fraction of sp³-hybridized carbons (Fsp3) is 0.500. The van der Waals surface area contributed by atoms with E-state index in [9.17, 15) is 0 Å². The standard InChI is InChI=1S/C10H14N2O/c1-13-10-4-2-3-9(12-10)8-5-7(8)6-11/h2-4,7-8H,5-6,11H2,1H3/t7-,8+/m0/s1. The van der Waals surface area contributed by atoms with E-state index in [4.69, 9.17) is 10.5 Å². The summed E-state index contributed by atoms with van der Waals surface area (Å²) >= 11 is 0. The molecule has 1 aromatic heterocycles. The summed E-state index contributed by atoms with van der Waals surface area (Å²) in [6.07, 6.45) is 1.18. The van der Waals surface area contributed by atoms with E-state index in [-0.39, 0.29) is 0 Å². The van der Waals surface area contributed by atoms with E-state index < -0.39 is 0 Å². The minimum absolute atomic E-state index is 0.570. The van der Waals surface area contributed by atoms with Crippen LogP contribution in [0, 0.1) is 5.92 Å². The maximum Gasteiger partial charge on any atom is 0.213 e. The molecule has 0 aromatic carbocycles. The number of ether oxygens (including phenoxy) is 1. The molecule has 0 aliphatic heterocycles. The Balaban J connectivity index is 2.13. The van der Waals surface area contributed by atoms with Crippen molar-refractivity contribution >= 4 is 0 Å². The molecule has 1 fully saturated rings. The number of rotatable bonds is 3. The summed E-state index contributed by atoms with van der Waals surface area (Å²) in [6, 6.07) is 5.89.